The molecule has 1 atom stereocenters. The molecule has 0 spiro atoms. The lowest BCUT2D eigenvalue weighted by Gasteiger charge is -2.12. The van der Waals surface area contributed by atoms with Crippen LogP contribution in [0.2, 0.25) is 0 Å². The van der Waals surface area contributed by atoms with Gasteiger partial charge in [-0.15, -0.1) is 0 Å². The van der Waals surface area contributed by atoms with E-state index in [2.05, 4.69) is 10.1 Å². The highest BCUT2D eigenvalue weighted by molar-refractivity contribution is 5.49. The Bertz CT molecular complexity index is 910. The third-order valence-corrected chi connectivity index (χ3v) is 3.76. The monoisotopic (exact) mass is 321 g/mol. The Kier molecular flexibility index (Phi) is 3.72. The van der Waals surface area contributed by atoms with E-state index in [4.69, 9.17) is 8.94 Å². The zero-order valence-corrected chi connectivity index (χ0v) is 12.7. The number of imidazole rings is 1. The number of nitrogens with zero attached hydrogens (tertiary/aromatic N) is 3. The zero-order valence-electron chi connectivity index (χ0n) is 12.7. The Labute approximate surface area is 138 Å². The predicted molar refractivity (Wildman–Crippen MR) is 86.0 cm³/mol. The normalized spacial score (nSPS) is 12.4. The lowest BCUT2D eigenvalue weighted by molar-refractivity contribution is 0.205. The standard InChI is InChI=1S/C18H15N3O3/c22-17(13-5-2-1-3-6-13)18-19-8-9-21(18)12-14-11-16(24-20-14)15-7-4-10-23-15/h1-11,17,22H,12H2. The molecule has 4 rings (SSSR count). The fraction of sp³-hybridized carbons (Fsp3) is 0.111. The van der Waals surface area contributed by atoms with Gasteiger partial charge in [0.2, 0.25) is 5.76 Å². The molecule has 0 fully saturated rings. The van der Waals surface area contributed by atoms with E-state index >= 15 is 0 Å². The molecule has 0 amide bonds. The number of aliphatic hydroxyl groups is 1. The van der Waals surface area contributed by atoms with Gasteiger partial charge in [0, 0.05) is 18.5 Å². The molecule has 0 radical (unpaired) electrons. The lowest BCUT2D eigenvalue weighted by Crippen LogP contribution is -2.10. The van der Waals surface area contributed by atoms with E-state index in [1.54, 1.807) is 18.5 Å². The molecule has 3 aromatic heterocycles. The molecule has 0 aliphatic heterocycles. The molecule has 0 bridgehead atoms. The van der Waals surface area contributed by atoms with E-state index in [1.165, 1.54) is 0 Å². The highest BCUT2D eigenvalue weighted by atomic mass is 16.5. The molecule has 1 unspecified atom stereocenters. The Morgan fingerprint density at radius 1 is 1.08 bits per heavy atom. The number of hydrogen-bond donors (Lipinski definition) is 1. The van der Waals surface area contributed by atoms with E-state index in [0.717, 1.165) is 11.3 Å². The van der Waals surface area contributed by atoms with Gasteiger partial charge in [0.25, 0.3) is 0 Å². The van der Waals surface area contributed by atoms with Crippen LogP contribution in [0.3, 0.4) is 0 Å². The Morgan fingerprint density at radius 3 is 2.75 bits per heavy atom. The first-order valence-corrected chi connectivity index (χ1v) is 7.55. The lowest BCUT2D eigenvalue weighted by atomic mass is 10.1. The van der Waals surface area contributed by atoms with Gasteiger partial charge < -0.3 is 18.6 Å². The van der Waals surface area contributed by atoms with Crippen molar-refractivity contribution >= 4 is 0 Å². The van der Waals surface area contributed by atoms with Crippen LogP contribution in [0.1, 0.15) is 23.2 Å². The minimum Gasteiger partial charge on any atom is -0.461 e. The molecule has 0 aliphatic carbocycles. The first kappa shape index (κ1) is 14.5. The summed E-state index contributed by atoms with van der Waals surface area (Å²) >= 11 is 0. The number of benzene rings is 1. The van der Waals surface area contributed by atoms with Crippen molar-refractivity contribution in [3.8, 4) is 11.5 Å². The summed E-state index contributed by atoms with van der Waals surface area (Å²) < 4.78 is 12.4. The summed E-state index contributed by atoms with van der Waals surface area (Å²) in [4.78, 5) is 4.28. The molecule has 0 aliphatic rings. The zero-order chi connectivity index (χ0) is 16.4. The van der Waals surface area contributed by atoms with E-state index < -0.39 is 6.10 Å². The van der Waals surface area contributed by atoms with Crippen molar-refractivity contribution in [2.24, 2.45) is 0 Å². The number of hydrogen-bond acceptors (Lipinski definition) is 5. The molecule has 6 heteroatoms. The molecule has 1 aromatic carbocycles. The fourth-order valence-electron chi connectivity index (χ4n) is 2.58. The summed E-state index contributed by atoms with van der Waals surface area (Å²) in [6, 6.07) is 14.8. The van der Waals surface area contributed by atoms with Crippen LogP contribution in [0, 0.1) is 0 Å². The molecule has 3 heterocycles. The van der Waals surface area contributed by atoms with Gasteiger partial charge >= 0.3 is 0 Å². The Balaban J connectivity index is 1.57. The molecular weight excluding hydrogens is 306 g/mol. The summed E-state index contributed by atoms with van der Waals surface area (Å²) in [7, 11) is 0. The second-order valence-electron chi connectivity index (χ2n) is 5.39. The minimum absolute atomic E-state index is 0.448. The quantitative estimate of drug-likeness (QED) is 0.610. The molecule has 0 saturated carbocycles. The minimum atomic E-state index is -0.794. The molecule has 1 N–H and O–H groups in total. The van der Waals surface area contributed by atoms with Crippen molar-refractivity contribution in [2.45, 2.75) is 12.6 Å². The van der Waals surface area contributed by atoms with Crippen LogP contribution >= 0.6 is 0 Å². The summed E-state index contributed by atoms with van der Waals surface area (Å²) in [6.07, 6.45) is 4.26. The predicted octanol–water partition coefficient (Wildman–Crippen LogP) is 3.26. The van der Waals surface area contributed by atoms with E-state index in [1.807, 2.05) is 53.2 Å². The molecule has 120 valence electrons. The van der Waals surface area contributed by atoms with Crippen molar-refractivity contribution in [1.82, 2.24) is 14.7 Å². The van der Waals surface area contributed by atoms with Crippen LogP contribution in [-0.2, 0) is 6.54 Å². The van der Waals surface area contributed by atoms with Crippen LogP contribution in [0.25, 0.3) is 11.5 Å². The summed E-state index contributed by atoms with van der Waals surface area (Å²) in [5.74, 6) is 1.76. The highest BCUT2D eigenvalue weighted by Crippen LogP contribution is 2.23. The summed E-state index contributed by atoms with van der Waals surface area (Å²) in [5, 5.41) is 14.6. The van der Waals surface area contributed by atoms with Crippen LogP contribution in [0.5, 0.6) is 0 Å². The maximum Gasteiger partial charge on any atom is 0.202 e. The maximum atomic E-state index is 10.6. The van der Waals surface area contributed by atoms with Crippen LogP contribution in [0.4, 0.5) is 0 Å². The highest BCUT2D eigenvalue weighted by Gasteiger charge is 2.17. The first-order chi connectivity index (χ1) is 11.8. The van der Waals surface area contributed by atoms with Gasteiger partial charge in [-0.25, -0.2) is 4.98 Å². The average Bonchev–Trinajstić information content (AvgIpc) is 3.37. The Morgan fingerprint density at radius 2 is 1.96 bits per heavy atom. The first-order valence-electron chi connectivity index (χ1n) is 7.55. The second-order valence-corrected chi connectivity index (χ2v) is 5.39. The van der Waals surface area contributed by atoms with Crippen molar-refractivity contribution < 1.29 is 14.0 Å². The topological polar surface area (TPSA) is 77.2 Å². The summed E-state index contributed by atoms with van der Waals surface area (Å²) in [6.45, 7) is 0.448. The van der Waals surface area contributed by atoms with Gasteiger partial charge in [0.1, 0.15) is 17.6 Å². The van der Waals surface area contributed by atoms with Gasteiger partial charge in [-0.05, 0) is 17.7 Å². The van der Waals surface area contributed by atoms with Gasteiger partial charge in [-0.2, -0.15) is 0 Å². The molecule has 0 saturated heterocycles. The van der Waals surface area contributed by atoms with Crippen LogP contribution in [0.15, 0.2) is 76.1 Å². The van der Waals surface area contributed by atoms with Gasteiger partial charge in [-0.1, -0.05) is 35.5 Å². The van der Waals surface area contributed by atoms with Gasteiger partial charge in [0.15, 0.2) is 5.76 Å². The van der Waals surface area contributed by atoms with E-state index in [0.29, 0.717) is 23.9 Å². The van der Waals surface area contributed by atoms with E-state index in [9.17, 15) is 5.11 Å². The van der Waals surface area contributed by atoms with Gasteiger partial charge in [-0.3, -0.25) is 0 Å². The number of rotatable bonds is 5. The van der Waals surface area contributed by atoms with Crippen molar-refractivity contribution in [3.63, 3.8) is 0 Å². The third-order valence-electron chi connectivity index (χ3n) is 3.76. The molecule has 6 nitrogen and oxygen atoms in total. The number of aromatic nitrogens is 3. The van der Waals surface area contributed by atoms with E-state index in [-0.39, 0.29) is 0 Å². The van der Waals surface area contributed by atoms with Crippen LogP contribution < -0.4 is 0 Å². The number of furan rings is 1. The molecule has 4 aromatic rings. The summed E-state index contributed by atoms with van der Waals surface area (Å²) in [5.41, 5.74) is 1.52. The van der Waals surface area contributed by atoms with Crippen molar-refractivity contribution in [3.05, 3.63) is 84.3 Å². The number of aliphatic hydroxyl groups excluding tert-OH is 1. The second kappa shape index (κ2) is 6.17. The average molecular weight is 321 g/mol. The third kappa shape index (κ3) is 2.75. The smallest absolute Gasteiger partial charge is 0.202 e. The van der Waals surface area contributed by atoms with Crippen LogP contribution in [-0.4, -0.2) is 19.8 Å². The maximum absolute atomic E-state index is 10.6. The fourth-order valence-corrected chi connectivity index (χ4v) is 2.58. The van der Waals surface area contributed by atoms with Crippen molar-refractivity contribution in [2.75, 3.05) is 0 Å². The molecule has 24 heavy (non-hydrogen) atoms. The Hall–Kier alpha value is -3.12. The largest absolute Gasteiger partial charge is 0.461 e. The van der Waals surface area contributed by atoms with Gasteiger partial charge in [0.05, 0.1) is 12.8 Å². The SMILES string of the molecule is OC(c1ccccc1)c1nccn1Cc1cc(-c2ccco2)on1. The molecular formula is C18H15N3O3. The van der Waals surface area contributed by atoms with Crippen molar-refractivity contribution in [1.29, 1.82) is 0 Å².